The van der Waals surface area contributed by atoms with Gasteiger partial charge in [-0.1, -0.05) is 12.1 Å². The number of benzene rings is 1. The second kappa shape index (κ2) is 8.16. The van der Waals surface area contributed by atoms with E-state index in [4.69, 9.17) is 0 Å². The molecule has 0 saturated carbocycles. The van der Waals surface area contributed by atoms with Crippen molar-refractivity contribution in [2.24, 2.45) is 10.3 Å². The minimum atomic E-state index is -3.59. The van der Waals surface area contributed by atoms with Crippen LogP contribution in [0.25, 0.3) is 0 Å². The highest BCUT2D eigenvalue weighted by molar-refractivity contribution is 7.90. The lowest BCUT2D eigenvalue weighted by molar-refractivity contribution is -0.127. The second-order valence-corrected chi connectivity index (χ2v) is 8.75. The van der Waals surface area contributed by atoms with E-state index < -0.39 is 10.0 Å². The van der Waals surface area contributed by atoms with Crippen LogP contribution < -0.4 is 10.6 Å². The van der Waals surface area contributed by atoms with E-state index in [9.17, 15) is 13.2 Å². The Morgan fingerprint density at radius 1 is 1.11 bits per heavy atom. The largest absolute Gasteiger partial charge is 0.355 e. The first kappa shape index (κ1) is 20.1. The summed E-state index contributed by atoms with van der Waals surface area (Å²) in [6.45, 7) is 3.20. The van der Waals surface area contributed by atoms with Crippen molar-refractivity contribution in [1.82, 2.24) is 15.5 Å². The van der Waals surface area contributed by atoms with E-state index in [-0.39, 0.29) is 35.2 Å². The number of nitrogens with zero attached hydrogens (tertiary/aromatic N) is 2. The Bertz CT molecular complexity index is 829. The fourth-order valence-electron chi connectivity index (χ4n) is 3.96. The van der Waals surface area contributed by atoms with Crippen molar-refractivity contribution in [2.45, 2.75) is 36.6 Å². The predicted molar refractivity (Wildman–Crippen MR) is 106 cm³/mol. The smallest absolute Gasteiger partial charge is 0.285 e. The van der Waals surface area contributed by atoms with Gasteiger partial charge in [-0.2, -0.15) is 8.42 Å². The van der Waals surface area contributed by atoms with Gasteiger partial charge in [-0.15, -0.1) is 16.8 Å². The van der Waals surface area contributed by atoms with Crippen LogP contribution in [0.5, 0.6) is 0 Å². The molecule has 27 heavy (non-hydrogen) atoms. The summed E-state index contributed by atoms with van der Waals surface area (Å²) in [5.41, 5.74) is 0.671. The number of carbonyl (C=O) groups excluding carboxylic acids is 1. The summed E-state index contributed by atoms with van der Waals surface area (Å²) in [6, 6.07) is 7.22. The van der Waals surface area contributed by atoms with Gasteiger partial charge in [-0.3, -0.25) is 4.79 Å². The van der Waals surface area contributed by atoms with E-state index in [1.807, 2.05) is 11.0 Å². The molecule has 1 aromatic carbocycles. The zero-order valence-corrected chi connectivity index (χ0v) is 16.7. The standard InChI is InChI=1S/C18H24N4O3S.ClH/c23-18(20-14-5-9-19-10-6-14)13-7-11-22(12-8-13)17-15-3-1-2-4-16(15)26(24,25)21-17;/h1-4,13-14,19H,5-12H2,(H,20,23);1H. The molecule has 7 nitrogen and oxygen atoms in total. The van der Waals surface area contributed by atoms with Gasteiger partial charge >= 0.3 is 0 Å². The van der Waals surface area contributed by atoms with Crippen LogP contribution in [-0.4, -0.2) is 57.3 Å². The van der Waals surface area contributed by atoms with Gasteiger partial charge in [0.2, 0.25) is 5.91 Å². The van der Waals surface area contributed by atoms with Gasteiger partial charge < -0.3 is 15.5 Å². The van der Waals surface area contributed by atoms with Gasteiger partial charge in [0.15, 0.2) is 5.84 Å². The first-order valence-corrected chi connectivity index (χ1v) is 10.7. The molecule has 0 bridgehead atoms. The van der Waals surface area contributed by atoms with Crippen LogP contribution in [0, 0.1) is 5.92 Å². The van der Waals surface area contributed by atoms with Crippen molar-refractivity contribution in [3.05, 3.63) is 29.8 Å². The topological polar surface area (TPSA) is 90.9 Å². The maximum atomic E-state index is 12.5. The summed E-state index contributed by atoms with van der Waals surface area (Å²) in [5.74, 6) is 0.658. The Morgan fingerprint density at radius 3 is 2.48 bits per heavy atom. The molecule has 0 aliphatic carbocycles. The number of piperidine rings is 2. The summed E-state index contributed by atoms with van der Waals surface area (Å²) in [5, 5.41) is 6.48. The summed E-state index contributed by atoms with van der Waals surface area (Å²) >= 11 is 0. The van der Waals surface area contributed by atoms with Crippen LogP contribution >= 0.6 is 12.4 Å². The molecule has 9 heteroatoms. The lowest BCUT2D eigenvalue weighted by Crippen LogP contribution is -2.47. The van der Waals surface area contributed by atoms with E-state index in [1.165, 1.54) is 0 Å². The zero-order chi connectivity index (χ0) is 18.1. The van der Waals surface area contributed by atoms with Crippen molar-refractivity contribution in [3.8, 4) is 0 Å². The number of amidine groups is 1. The molecule has 0 unspecified atom stereocenters. The number of hydrogen-bond donors (Lipinski definition) is 2. The van der Waals surface area contributed by atoms with Crippen molar-refractivity contribution in [1.29, 1.82) is 0 Å². The molecular formula is C18H25ClN4O3S. The monoisotopic (exact) mass is 412 g/mol. The predicted octanol–water partition coefficient (Wildman–Crippen LogP) is 1.14. The molecule has 2 N–H and O–H groups in total. The van der Waals surface area contributed by atoms with Crippen molar-refractivity contribution in [3.63, 3.8) is 0 Å². The highest BCUT2D eigenvalue weighted by atomic mass is 35.5. The Balaban J connectivity index is 0.00000210. The molecule has 2 saturated heterocycles. The number of amides is 1. The maximum Gasteiger partial charge on any atom is 0.285 e. The lowest BCUT2D eigenvalue weighted by atomic mass is 9.94. The summed E-state index contributed by atoms with van der Waals surface area (Å²) in [7, 11) is -3.59. The van der Waals surface area contributed by atoms with E-state index in [1.54, 1.807) is 18.2 Å². The number of carbonyl (C=O) groups is 1. The van der Waals surface area contributed by atoms with Gasteiger partial charge in [0.1, 0.15) is 4.90 Å². The molecule has 2 fully saturated rings. The molecule has 0 radical (unpaired) electrons. The first-order valence-electron chi connectivity index (χ1n) is 9.25. The van der Waals surface area contributed by atoms with Crippen molar-refractivity contribution in [2.75, 3.05) is 26.2 Å². The third-order valence-corrected chi connectivity index (χ3v) is 6.79. The highest BCUT2D eigenvalue weighted by Gasteiger charge is 2.34. The molecule has 4 rings (SSSR count). The molecule has 0 aromatic heterocycles. The van der Waals surface area contributed by atoms with E-state index in [0.29, 0.717) is 24.5 Å². The number of fused-ring (bicyclic) bond motifs is 1. The fourth-order valence-corrected chi connectivity index (χ4v) is 5.18. The van der Waals surface area contributed by atoms with Crippen LogP contribution in [0.3, 0.4) is 0 Å². The van der Waals surface area contributed by atoms with Gasteiger partial charge in [-0.05, 0) is 50.9 Å². The van der Waals surface area contributed by atoms with Crippen LogP contribution in [0.2, 0.25) is 0 Å². The average Bonchev–Trinajstić information content (AvgIpc) is 2.94. The number of hydrogen-bond acceptors (Lipinski definition) is 5. The number of rotatable bonds is 2. The normalized spacial score (nSPS) is 22.5. The minimum Gasteiger partial charge on any atom is -0.355 e. The van der Waals surface area contributed by atoms with Crippen molar-refractivity contribution >= 4 is 34.2 Å². The number of halogens is 1. The van der Waals surface area contributed by atoms with Gasteiger partial charge in [-0.25, -0.2) is 0 Å². The molecule has 3 heterocycles. The molecule has 0 spiro atoms. The first-order chi connectivity index (χ1) is 12.5. The fraction of sp³-hybridized carbons (Fsp3) is 0.556. The quantitative estimate of drug-likeness (QED) is 0.760. The second-order valence-electron chi connectivity index (χ2n) is 7.18. The molecule has 3 aliphatic rings. The molecule has 0 atom stereocenters. The Morgan fingerprint density at radius 2 is 1.78 bits per heavy atom. The summed E-state index contributed by atoms with van der Waals surface area (Å²) in [6.07, 6.45) is 3.40. The SMILES string of the molecule is Cl.O=C(NC1CCNCC1)C1CCN(C2=NS(=O)(=O)c3ccccc32)CC1. The lowest BCUT2D eigenvalue weighted by Gasteiger charge is -2.33. The Hall–Kier alpha value is -1.64. The van der Waals surface area contributed by atoms with Crippen LogP contribution in [0.4, 0.5) is 0 Å². The summed E-state index contributed by atoms with van der Waals surface area (Å²) in [4.78, 5) is 14.8. The number of likely N-dealkylation sites (tertiary alicyclic amines) is 1. The van der Waals surface area contributed by atoms with Gasteiger partial charge in [0.25, 0.3) is 10.0 Å². The Labute approximate surface area is 166 Å². The van der Waals surface area contributed by atoms with Gasteiger partial charge in [0, 0.05) is 30.6 Å². The number of sulfonamides is 1. The molecular weight excluding hydrogens is 388 g/mol. The van der Waals surface area contributed by atoms with E-state index in [0.717, 1.165) is 38.8 Å². The molecule has 3 aliphatic heterocycles. The van der Waals surface area contributed by atoms with E-state index in [2.05, 4.69) is 15.0 Å². The average molecular weight is 413 g/mol. The molecule has 1 amide bonds. The highest BCUT2D eigenvalue weighted by Crippen LogP contribution is 2.29. The third kappa shape index (κ3) is 4.12. The van der Waals surface area contributed by atoms with Crippen LogP contribution in [0.1, 0.15) is 31.2 Å². The third-order valence-electron chi connectivity index (χ3n) is 5.46. The van der Waals surface area contributed by atoms with Gasteiger partial charge in [0.05, 0.1) is 0 Å². The number of nitrogens with one attached hydrogen (secondary N) is 2. The maximum absolute atomic E-state index is 12.5. The molecule has 148 valence electrons. The van der Waals surface area contributed by atoms with E-state index >= 15 is 0 Å². The zero-order valence-electron chi connectivity index (χ0n) is 15.1. The summed E-state index contributed by atoms with van der Waals surface area (Å²) < 4.78 is 28.4. The van der Waals surface area contributed by atoms with Crippen LogP contribution in [-0.2, 0) is 14.8 Å². The van der Waals surface area contributed by atoms with Crippen molar-refractivity contribution < 1.29 is 13.2 Å². The van der Waals surface area contributed by atoms with Crippen LogP contribution in [0.15, 0.2) is 33.6 Å². The molecule has 1 aromatic rings. The Kier molecular flexibility index (Phi) is 6.08. The minimum absolute atomic E-state index is 0.